The average Bonchev–Trinajstić information content (AvgIpc) is 3.29. The van der Waals surface area contributed by atoms with Gasteiger partial charge in [-0.2, -0.15) is 0 Å². The number of piperazine rings is 1. The summed E-state index contributed by atoms with van der Waals surface area (Å²) in [4.78, 5) is 17.0. The summed E-state index contributed by atoms with van der Waals surface area (Å²) in [5.74, 6) is -0.121. The molecule has 1 amide bonds. The van der Waals surface area contributed by atoms with E-state index in [0.717, 1.165) is 45.6 Å². The van der Waals surface area contributed by atoms with Crippen LogP contribution in [0.3, 0.4) is 0 Å². The van der Waals surface area contributed by atoms with Crippen LogP contribution in [0, 0.1) is 5.82 Å². The smallest absolute Gasteiger partial charge is 0.233 e. The van der Waals surface area contributed by atoms with Gasteiger partial charge in [0, 0.05) is 31.7 Å². The maximum absolute atomic E-state index is 14.0. The number of carbonyl (C=O) groups excluding carboxylic acids is 1. The SMILES string of the molecule is CCN1CCN(C(=O)C2(c3ccccc3F)CC2)CC1. The first-order valence-electron chi connectivity index (χ1n) is 7.44. The summed E-state index contributed by atoms with van der Waals surface area (Å²) in [6, 6.07) is 6.72. The Bertz CT molecular complexity index is 505. The molecule has 0 aromatic heterocycles. The zero-order valence-corrected chi connectivity index (χ0v) is 11.9. The van der Waals surface area contributed by atoms with Crippen molar-refractivity contribution >= 4 is 5.91 Å². The van der Waals surface area contributed by atoms with Crippen LogP contribution in [0.15, 0.2) is 24.3 Å². The molecule has 1 saturated carbocycles. The van der Waals surface area contributed by atoms with E-state index < -0.39 is 5.41 Å². The Balaban J connectivity index is 1.76. The molecule has 2 aliphatic rings. The van der Waals surface area contributed by atoms with Crippen molar-refractivity contribution in [1.29, 1.82) is 0 Å². The second-order valence-corrected chi connectivity index (χ2v) is 5.79. The number of hydrogen-bond acceptors (Lipinski definition) is 2. The van der Waals surface area contributed by atoms with Gasteiger partial charge < -0.3 is 9.80 Å². The molecule has 1 aliphatic carbocycles. The Morgan fingerprint density at radius 1 is 1.20 bits per heavy atom. The van der Waals surface area contributed by atoms with Crippen LogP contribution in [0.2, 0.25) is 0 Å². The van der Waals surface area contributed by atoms with Gasteiger partial charge in [-0.1, -0.05) is 25.1 Å². The van der Waals surface area contributed by atoms with Crippen molar-refractivity contribution in [3.05, 3.63) is 35.6 Å². The summed E-state index contributed by atoms with van der Waals surface area (Å²) in [6.07, 6.45) is 1.56. The molecule has 0 radical (unpaired) electrons. The predicted molar refractivity (Wildman–Crippen MR) is 76.0 cm³/mol. The molecule has 4 heteroatoms. The average molecular weight is 276 g/mol. The van der Waals surface area contributed by atoms with E-state index in [2.05, 4.69) is 11.8 Å². The van der Waals surface area contributed by atoms with E-state index in [4.69, 9.17) is 0 Å². The van der Waals surface area contributed by atoms with Gasteiger partial charge in [0.1, 0.15) is 5.82 Å². The van der Waals surface area contributed by atoms with E-state index in [1.165, 1.54) is 6.07 Å². The minimum atomic E-state index is -0.570. The van der Waals surface area contributed by atoms with Gasteiger partial charge in [-0.25, -0.2) is 4.39 Å². The third kappa shape index (κ3) is 2.22. The molecule has 0 N–H and O–H groups in total. The van der Waals surface area contributed by atoms with Crippen LogP contribution in [-0.4, -0.2) is 48.4 Å². The van der Waals surface area contributed by atoms with Crippen molar-refractivity contribution in [2.24, 2.45) is 0 Å². The highest BCUT2D eigenvalue weighted by molar-refractivity contribution is 5.91. The Labute approximate surface area is 119 Å². The summed E-state index contributed by atoms with van der Waals surface area (Å²) >= 11 is 0. The van der Waals surface area contributed by atoms with Gasteiger partial charge in [0.15, 0.2) is 0 Å². The molecular weight excluding hydrogens is 255 g/mol. The van der Waals surface area contributed by atoms with Gasteiger partial charge in [0.05, 0.1) is 5.41 Å². The molecule has 20 heavy (non-hydrogen) atoms. The second kappa shape index (κ2) is 5.17. The van der Waals surface area contributed by atoms with E-state index >= 15 is 0 Å². The second-order valence-electron chi connectivity index (χ2n) is 5.79. The lowest BCUT2D eigenvalue weighted by Crippen LogP contribution is -2.51. The van der Waals surface area contributed by atoms with Crippen molar-refractivity contribution in [2.45, 2.75) is 25.2 Å². The predicted octanol–water partition coefficient (Wildman–Crippen LogP) is 2.02. The van der Waals surface area contributed by atoms with Crippen molar-refractivity contribution < 1.29 is 9.18 Å². The number of carbonyl (C=O) groups is 1. The van der Waals surface area contributed by atoms with Crippen molar-refractivity contribution in [1.82, 2.24) is 9.80 Å². The van der Waals surface area contributed by atoms with Crippen LogP contribution in [0.5, 0.6) is 0 Å². The maximum Gasteiger partial charge on any atom is 0.233 e. The lowest BCUT2D eigenvalue weighted by Gasteiger charge is -2.36. The molecule has 108 valence electrons. The zero-order valence-electron chi connectivity index (χ0n) is 11.9. The topological polar surface area (TPSA) is 23.6 Å². The molecule has 3 rings (SSSR count). The lowest BCUT2D eigenvalue weighted by molar-refractivity contribution is -0.135. The van der Waals surface area contributed by atoms with Crippen LogP contribution < -0.4 is 0 Å². The van der Waals surface area contributed by atoms with Gasteiger partial charge >= 0.3 is 0 Å². The first-order chi connectivity index (χ1) is 9.67. The molecule has 1 heterocycles. The van der Waals surface area contributed by atoms with Gasteiger partial charge in [0.25, 0.3) is 0 Å². The molecule has 3 nitrogen and oxygen atoms in total. The third-order valence-corrected chi connectivity index (χ3v) is 4.66. The number of halogens is 1. The molecule has 0 unspecified atom stereocenters. The highest BCUT2D eigenvalue weighted by Gasteiger charge is 2.54. The standard InChI is InChI=1S/C16H21FN2O/c1-2-18-9-11-19(12-10-18)15(20)16(7-8-16)13-5-3-4-6-14(13)17/h3-6H,2,7-12H2,1H3. The van der Waals surface area contributed by atoms with Crippen molar-refractivity contribution in [3.8, 4) is 0 Å². The van der Waals surface area contributed by atoms with E-state index in [9.17, 15) is 9.18 Å². The Kier molecular flexibility index (Phi) is 3.50. The minimum absolute atomic E-state index is 0.123. The Morgan fingerprint density at radius 3 is 2.40 bits per heavy atom. The highest BCUT2D eigenvalue weighted by Crippen LogP contribution is 2.50. The molecule has 2 fully saturated rings. The number of rotatable bonds is 3. The Hall–Kier alpha value is -1.42. The number of benzene rings is 1. The van der Waals surface area contributed by atoms with Crippen LogP contribution in [0.1, 0.15) is 25.3 Å². The molecule has 1 saturated heterocycles. The molecule has 1 aliphatic heterocycles. The van der Waals surface area contributed by atoms with E-state index in [1.54, 1.807) is 12.1 Å². The molecule has 0 bridgehead atoms. The fraction of sp³-hybridized carbons (Fsp3) is 0.562. The summed E-state index contributed by atoms with van der Waals surface area (Å²) in [5.41, 5.74) is 0.0163. The van der Waals surface area contributed by atoms with Crippen LogP contribution in [0.4, 0.5) is 4.39 Å². The number of amides is 1. The molecule has 0 atom stereocenters. The normalized spacial score (nSPS) is 21.8. The largest absolute Gasteiger partial charge is 0.339 e. The summed E-state index contributed by atoms with van der Waals surface area (Å²) in [7, 11) is 0. The van der Waals surface area contributed by atoms with Crippen LogP contribution in [0.25, 0.3) is 0 Å². The summed E-state index contributed by atoms with van der Waals surface area (Å²) in [6.45, 7) is 6.55. The van der Waals surface area contributed by atoms with Gasteiger partial charge in [-0.3, -0.25) is 4.79 Å². The monoisotopic (exact) mass is 276 g/mol. The molecule has 1 aromatic rings. The minimum Gasteiger partial charge on any atom is -0.339 e. The fourth-order valence-corrected chi connectivity index (χ4v) is 3.14. The number of nitrogens with zero attached hydrogens (tertiary/aromatic N) is 2. The zero-order chi connectivity index (χ0) is 14.2. The number of likely N-dealkylation sites (N-methyl/N-ethyl adjacent to an activating group) is 1. The van der Waals surface area contributed by atoms with Gasteiger partial charge in [-0.15, -0.1) is 0 Å². The first kappa shape index (κ1) is 13.6. The maximum atomic E-state index is 14.0. The third-order valence-electron chi connectivity index (χ3n) is 4.66. The van der Waals surface area contributed by atoms with Gasteiger partial charge in [-0.05, 0) is 25.5 Å². The van der Waals surface area contributed by atoms with E-state index in [0.29, 0.717) is 5.56 Å². The fourth-order valence-electron chi connectivity index (χ4n) is 3.14. The van der Waals surface area contributed by atoms with Crippen LogP contribution in [-0.2, 0) is 10.2 Å². The van der Waals surface area contributed by atoms with Crippen molar-refractivity contribution in [3.63, 3.8) is 0 Å². The highest BCUT2D eigenvalue weighted by atomic mass is 19.1. The van der Waals surface area contributed by atoms with E-state index in [1.807, 2.05) is 11.0 Å². The van der Waals surface area contributed by atoms with E-state index in [-0.39, 0.29) is 11.7 Å². The summed E-state index contributed by atoms with van der Waals surface area (Å²) in [5, 5.41) is 0. The summed E-state index contributed by atoms with van der Waals surface area (Å²) < 4.78 is 14.0. The molecule has 0 spiro atoms. The quantitative estimate of drug-likeness (QED) is 0.843. The lowest BCUT2D eigenvalue weighted by atomic mass is 9.93. The molecule has 1 aromatic carbocycles. The first-order valence-corrected chi connectivity index (χ1v) is 7.44. The Morgan fingerprint density at radius 2 is 1.85 bits per heavy atom. The van der Waals surface area contributed by atoms with Gasteiger partial charge in [0.2, 0.25) is 5.91 Å². The molecular formula is C16H21FN2O. The van der Waals surface area contributed by atoms with Crippen LogP contribution >= 0.6 is 0 Å². The number of hydrogen-bond donors (Lipinski definition) is 0. The van der Waals surface area contributed by atoms with Crippen molar-refractivity contribution in [2.75, 3.05) is 32.7 Å².